The summed E-state index contributed by atoms with van der Waals surface area (Å²) in [5, 5.41) is 0.986. The Labute approximate surface area is 125 Å². The van der Waals surface area contributed by atoms with Gasteiger partial charge >= 0.3 is 0 Å². The van der Waals surface area contributed by atoms with Crippen LogP contribution in [0.3, 0.4) is 0 Å². The molecule has 0 bridgehead atoms. The zero-order chi connectivity index (χ0) is 14.4. The van der Waals surface area contributed by atoms with Gasteiger partial charge < -0.3 is 18.9 Å². The van der Waals surface area contributed by atoms with Crippen LogP contribution in [-0.4, -0.2) is 13.6 Å². The molecule has 108 valence electrons. The minimum atomic E-state index is -3.26. The fraction of sp³-hybridized carbons (Fsp3) is 0.143. The normalized spacial score (nSPS) is 15.3. The zero-order valence-electron chi connectivity index (χ0n) is 10.7. The second kappa shape index (κ2) is 4.58. The second-order valence-corrected chi connectivity index (χ2v) is 8.13. The molecule has 0 unspecified atom stereocenters. The van der Waals surface area contributed by atoms with E-state index in [9.17, 15) is 4.57 Å². The molecule has 0 saturated heterocycles. The van der Waals surface area contributed by atoms with E-state index in [0.717, 1.165) is 0 Å². The number of fused-ring (bicyclic) bond motifs is 2. The van der Waals surface area contributed by atoms with Crippen LogP contribution < -0.4 is 29.6 Å². The van der Waals surface area contributed by atoms with Gasteiger partial charge in [-0.05, 0) is 47.6 Å². The molecular formula is C14H10ClO5P. The molecule has 4 rings (SSSR count). The second-order valence-electron chi connectivity index (χ2n) is 4.61. The van der Waals surface area contributed by atoms with Crippen LogP contribution in [-0.2, 0) is 4.57 Å². The lowest BCUT2D eigenvalue weighted by Crippen LogP contribution is -2.12. The van der Waals surface area contributed by atoms with E-state index in [-0.39, 0.29) is 13.6 Å². The summed E-state index contributed by atoms with van der Waals surface area (Å²) in [5.41, 5.74) is 0. The first-order valence-electron chi connectivity index (χ1n) is 6.25. The fourth-order valence-electron chi connectivity index (χ4n) is 2.28. The van der Waals surface area contributed by atoms with Crippen molar-refractivity contribution in [2.24, 2.45) is 0 Å². The van der Waals surface area contributed by atoms with E-state index < -0.39 is 6.49 Å². The van der Waals surface area contributed by atoms with Crippen molar-refractivity contribution in [1.29, 1.82) is 0 Å². The molecule has 0 saturated carbocycles. The van der Waals surface area contributed by atoms with Gasteiger partial charge in [-0.15, -0.1) is 0 Å². The van der Waals surface area contributed by atoms with Gasteiger partial charge in [-0.25, -0.2) is 0 Å². The number of hydrogen-bond donors (Lipinski definition) is 0. The van der Waals surface area contributed by atoms with Crippen LogP contribution >= 0.6 is 17.7 Å². The highest BCUT2D eigenvalue weighted by Crippen LogP contribution is 2.51. The van der Waals surface area contributed by atoms with E-state index in [0.29, 0.717) is 33.6 Å². The van der Waals surface area contributed by atoms with E-state index in [1.54, 1.807) is 36.4 Å². The van der Waals surface area contributed by atoms with Gasteiger partial charge in [0.15, 0.2) is 23.0 Å². The predicted octanol–water partition coefficient (Wildman–Crippen LogP) is 2.61. The molecule has 0 fully saturated rings. The summed E-state index contributed by atoms with van der Waals surface area (Å²) < 4.78 is 34.1. The molecule has 0 spiro atoms. The molecule has 0 aliphatic carbocycles. The van der Waals surface area contributed by atoms with Gasteiger partial charge in [-0.3, -0.25) is 4.57 Å². The summed E-state index contributed by atoms with van der Waals surface area (Å²) in [7, 11) is 0. The van der Waals surface area contributed by atoms with Crippen molar-refractivity contribution < 1.29 is 23.5 Å². The van der Waals surface area contributed by atoms with E-state index in [1.807, 2.05) is 0 Å². The first kappa shape index (κ1) is 12.9. The Morgan fingerprint density at radius 2 is 1.19 bits per heavy atom. The van der Waals surface area contributed by atoms with Crippen molar-refractivity contribution in [2.75, 3.05) is 13.6 Å². The summed E-state index contributed by atoms with van der Waals surface area (Å²) in [5.74, 6) is 2.35. The Kier molecular flexibility index (Phi) is 2.81. The highest BCUT2D eigenvalue weighted by molar-refractivity contribution is 8.00. The largest absolute Gasteiger partial charge is 0.454 e. The molecule has 0 radical (unpaired) electrons. The Balaban J connectivity index is 1.77. The van der Waals surface area contributed by atoms with Gasteiger partial charge in [0.25, 0.3) is 0 Å². The molecule has 0 amide bonds. The lowest BCUT2D eigenvalue weighted by Gasteiger charge is -2.12. The van der Waals surface area contributed by atoms with Crippen molar-refractivity contribution in [2.45, 2.75) is 0 Å². The maximum Gasteiger partial charge on any atom is 0.231 e. The minimum absolute atomic E-state index is 0.162. The quantitative estimate of drug-likeness (QED) is 0.795. The van der Waals surface area contributed by atoms with Gasteiger partial charge in [-0.1, -0.05) is 0 Å². The predicted molar refractivity (Wildman–Crippen MR) is 77.9 cm³/mol. The van der Waals surface area contributed by atoms with Crippen LogP contribution in [0.25, 0.3) is 0 Å². The van der Waals surface area contributed by atoms with Crippen LogP contribution in [0.2, 0.25) is 0 Å². The maximum atomic E-state index is 13.0. The molecule has 7 heteroatoms. The fourth-order valence-corrected chi connectivity index (χ4v) is 4.31. The third-order valence-electron chi connectivity index (χ3n) is 3.38. The van der Waals surface area contributed by atoms with E-state index in [2.05, 4.69) is 0 Å². The van der Waals surface area contributed by atoms with Crippen LogP contribution in [0.15, 0.2) is 36.4 Å². The third-order valence-corrected chi connectivity index (χ3v) is 6.43. The van der Waals surface area contributed by atoms with Crippen molar-refractivity contribution in [3.8, 4) is 23.0 Å². The van der Waals surface area contributed by atoms with Crippen molar-refractivity contribution in [1.82, 2.24) is 0 Å². The Morgan fingerprint density at radius 1 is 0.762 bits per heavy atom. The Morgan fingerprint density at radius 3 is 1.67 bits per heavy atom. The van der Waals surface area contributed by atoms with Crippen LogP contribution in [0.5, 0.6) is 23.0 Å². The summed E-state index contributed by atoms with van der Waals surface area (Å²) in [4.78, 5) is 0. The van der Waals surface area contributed by atoms with Gasteiger partial charge in [0.1, 0.15) is 0 Å². The Hall–Kier alpha value is -1.84. The molecule has 2 aliphatic heterocycles. The molecule has 2 heterocycles. The molecular weight excluding hydrogens is 315 g/mol. The number of rotatable bonds is 2. The highest BCUT2D eigenvalue weighted by Gasteiger charge is 2.29. The van der Waals surface area contributed by atoms with Crippen LogP contribution in [0.1, 0.15) is 0 Å². The molecule has 2 aromatic carbocycles. The lowest BCUT2D eigenvalue weighted by atomic mass is 10.3. The molecule has 0 atom stereocenters. The SMILES string of the molecule is O=P(Cl)(c1ccc2c(c1)OCO2)c1ccc2c(c1)OCO2. The van der Waals surface area contributed by atoms with Crippen LogP contribution in [0.4, 0.5) is 0 Å². The maximum absolute atomic E-state index is 13.0. The highest BCUT2D eigenvalue weighted by atomic mass is 35.7. The Bertz CT molecular complexity index is 714. The molecule has 0 aromatic heterocycles. The number of hydrogen-bond acceptors (Lipinski definition) is 5. The topological polar surface area (TPSA) is 54.0 Å². The van der Waals surface area contributed by atoms with Crippen LogP contribution in [0, 0.1) is 0 Å². The van der Waals surface area contributed by atoms with Crippen molar-refractivity contribution >= 4 is 28.3 Å². The zero-order valence-corrected chi connectivity index (χ0v) is 12.4. The monoisotopic (exact) mass is 324 g/mol. The number of benzene rings is 2. The standard InChI is InChI=1S/C14H10ClO5P/c15-21(16,9-1-3-11-13(5-9)19-7-17-11)10-2-4-12-14(6-10)20-8-18-12/h1-6H,7-8H2. The van der Waals surface area contributed by atoms with Gasteiger partial charge in [0.2, 0.25) is 20.1 Å². The lowest BCUT2D eigenvalue weighted by molar-refractivity contribution is 0.173. The molecule has 5 nitrogen and oxygen atoms in total. The molecule has 2 aliphatic rings. The minimum Gasteiger partial charge on any atom is -0.454 e. The molecule has 21 heavy (non-hydrogen) atoms. The van der Waals surface area contributed by atoms with Gasteiger partial charge in [0, 0.05) is 10.6 Å². The van der Waals surface area contributed by atoms with Crippen molar-refractivity contribution in [3.63, 3.8) is 0 Å². The van der Waals surface area contributed by atoms with E-state index in [4.69, 9.17) is 30.2 Å². The average Bonchev–Trinajstić information content (AvgIpc) is 3.14. The molecule has 0 N–H and O–H groups in total. The van der Waals surface area contributed by atoms with Gasteiger partial charge in [0.05, 0.1) is 0 Å². The summed E-state index contributed by atoms with van der Waals surface area (Å²) in [6.45, 7) is -2.94. The first-order chi connectivity index (χ1) is 10.1. The molecule has 2 aromatic rings. The van der Waals surface area contributed by atoms with Crippen molar-refractivity contribution in [3.05, 3.63) is 36.4 Å². The van der Waals surface area contributed by atoms with E-state index in [1.165, 1.54) is 0 Å². The van der Waals surface area contributed by atoms with Gasteiger partial charge in [-0.2, -0.15) is 0 Å². The van der Waals surface area contributed by atoms with E-state index >= 15 is 0 Å². The number of halogens is 1. The third kappa shape index (κ3) is 2.04. The number of ether oxygens (including phenoxy) is 4. The summed E-state index contributed by atoms with van der Waals surface area (Å²) in [6, 6.07) is 10.1. The summed E-state index contributed by atoms with van der Waals surface area (Å²) in [6.07, 6.45) is 0. The first-order valence-corrected chi connectivity index (χ1v) is 8.86. The average molecular weight is 325 g/mol. The smallest absolute Gasteiger partial charge is 0.231 e. The summed E-state index contributed by atoms with van der Waals surface area (Å²) >= 11 is 6.35.